The van der Waals surface area contributed by atoms with Crippen molar-refractivity contribution in [3.8, 4) is 0 Å². The van der Waals surface area contributed by atoms with Crippen molar-refractivity contribution in [2.75, 3.05) is 6.61 Å². The molecule has 1 heterocycles. The maximum absolute atomic E-state index is 13.8. The quantitative estimate of drug-likeness (QED) is 0.645. The molecule has 0 bridgehead atoms. The Hall–Kier alpha value is -0.330. The zero-order chi connectivity index (χ0) is 19.2. The van der Waals surface area contributed by atoms with E-state index >= 15 is 0 Å². The van der Waals surface area contributed by atoms with Gasteiger partial charge in [0, 0.05) is 17.4 Å². The Morgan fingerprint density at radius 2 is 1.78 bits per heavy atom. The summed E-state index contributed by atoms with van der Waals surface area (Å²) in [5.74, 6) is 1.99. The molecule has 5 rings (SSSR count). The van der Waals surface area contributed by atoms with Crippen LogP contribution in [0.25, 0.3) is 0 Å². The van der Waals surface area contributed by atoms with Crippen LogP contribution in [-0.2, 0) is 4.84 Å². The molecule has 9 atom stereocenters. The SMILES string of the molecule is C[C@]12CCC3C(CC[C@@H]4CC5NOCC5C[C@]34C)C1CC[C@@]2(O)C(F)(F)F. The lowest BCUT2D eigenvalue weighted by Crippen LogP contribution is -2.61. The second-order valence-electron chi connectivity index (χ2n) is 10.7. The van der Waals surface area contributed by atoms with E-state index in [0.717, 1.165) is 38.7 Å². The van der Waals surface area contributed by atoms with Gasteiger partial charge in [0.05, 0.1) is 6.61 Å². The number of halogens is 3. The molecule has 0 radical (unpaired) electrons. The summed E-state index contributed by atoms with van der Waals surface area (Å²) in [5.41, 5.74) is -0.127. The van der Waals surface area contributed by atoms with E-state index in [1.807, 2.05) is 0 Å². The van der Waals surface area contributed by atoms with Crippen molar-refractivity contribution >= 4 is 0 Å². The number of hydroxylamine groups is 1. The molecule has 6 heteroatoms. The molecule has 0 aromatic heterocycles. The van der Waals surface area contributed by atoms with Crippen LogP contribution in [0.4, 0.5) is 13.2 Å². The Balaban J connectivity index is 1.45. The molecule has 5 aliphatic rings. The molecule has 0 amide bonds. The average Bonchev–Trinajstić information content (AvgIpc) is 3.14. The van der Waals surface area contributed by atoms with Crippen LogP contribution < -0.4 is 5.48 Å². The summed E-state index contributed by atoms with van der Waals surface area (Å²) in [6, 6.07) is 0.454. The summed E-state index contributed by atoms with van der Waals surface area (Å²) in [6.45, 7) is 4.91. The Labute approximate surface area is 159 Å². The van der Waals surface area contributed by atoms with Crippen molar-refractivity contribution in [3.63, 3.8) is 0 Å². The van der Waals surface area contributed by atoms with E-state index < -0.39 is 17.2 Å². The topological polar surface area (TPSA) is 41.5 Å². The second-order valence-corrected chi connectivity index (χ2v) is 10.7. The molecular formula is C21H32F3NO2. The minimum atomic E-state index is -4.53. The van der Waals surface area contributed by atoms with Gasteiger partial charge < -0.3 is 9.94 Å². The van der Waals surface area contributed by atoms with E-state index in [1.54, 1.807) is 6.92 Å². The van der Waals surface area contributed by atoms with Gasteiger partial charge in [0.2, 0.25) is 0 Å². The second kappa shape index (κ2) is 5.63. The van der Waals surface area contributed by atoms with Gasteiger partial charge in [-0.3, -0.25) is 0 Å². The van der Waals surface area contributed by atoms with Gasteiger partial charge in [0.25, 0.3) is 0 Å². The fourth-order valence-corrected chi connectivity index (χ4v) is 8.51. The Morgan fingerprint density at radius 3 is 2.52 bits per heavy atom. The zero-order valence-corrected chi connectivity index (χ0v) is 16.3. The highest BCUT2D eigenvalue weighted by Crippen LogP contribution is 2.70. The van der Waals surface area contributed by atoms with E-state index in [9.17, 15) is 18.3 Å². The molecule has 0 aromatic carbocycles. The first kappa shape index (κ1) is 18.7. The van der Waals surface area contributed by atoms with Gasteiger partial charge >= 0.3 is 6.18 Å². The average molecular weight is 387 g/mol. The zero-order valence-electron chi connectivity index (χ0n) is 16.3. The maximum Gasteiger partial charge on any atom is 0.417 e. The van der Waals surface area contributed by atoms with Crippen LogP contribution in [0.5, 0.6) is 0 Å². The first-order valence-electron chi connectivity index (χ1n) is 10.8. The molecule has 0 aromatic rings. The van der Waals surface area contributed by atoms with Crippen LogP contribution in [0, 0.1) is 40.4 Å². The molecule has 5 fully saturated rings. The van der Waals surface area contributed by atoms with Gasteiger partial charge in [-0.15, -0.1) is 0 Å². The van der Waals surface area contributed by atoms with Crippen molar-refractivity contribution < 1.29 is 23.1 Å². The number of nitrogens with one attached hydrogen (secondary N) is 1. The highest BCUT2D eigenvalue weighted by Gasteiger charge is 2.72. The van der Waals surface area contributed by atoms with Crippen LogP contribution in [-0.4, -0.2) is 29.5 Å². The van der Waals surface area contributed by atoms with Crippen LogP contribution >= 0.6 is 0 Å². The van der Waals surface area contributed by atoms with Crippen molar-refractivity contribution in [1.82, 2.24) is 5.48 Å². The molecule has 0 spiro atoms. The third kappa shape index (κ3) is 2.27. The minimum Gasteiger partial charge on any atom is -0.380 e. The smallest absolute Gasteiger partial charge is 0.380 e. The number of hydrogen-bond donors (Lipinski definition) is 2. The molecule has 3 nitrogen and oxygen atoms in total. The Morgan fingerprint density at radius 1 is 1.04 bits per heavy atom. The fourth-order valence-electron chi connectivity index (χ4n) is 8.51. The fraction of sp³-hybridized carbons (Fsp3) is 1.00. The lowest BCUT2D eigenvalue weighted by Gasteiger charge is -2.62. The number of alkyl halides is 3. The predicted octanol–water partition coefficient (Wildman–Crippen LogP) is 4.45. The normalized spacial score (nSPS) is 57.6. The van der Waals surface area contributed by atoms with Gasteiger partial charge in [-0.2, -0.15) is 18.7 Å². The number of fused-ring (bicyclic) bond motifs is 6. The minimum absolute atomic E-state index is 0.00340. The number of aliphatic hydroxyl groups is 1. The maximum atomic E-state index is 13.8. The van der Waals surface area contributed by atoms with Gasteiger partial charge in [-0.1, -0.05) is 13.8 Å². The standard InChI is InChI=1S/C21H32F3NO2/c1-18-10-12-11-27-25-17(12)9-13(18)3-4-14-15(18)5-7-19(2)16(14)6-8-20(19,26)21(22,23)24/h12-17,25-26H,3-11H2,1-2H3/t12?,13-,14?,15?,16?,17?,18+,19+,20+/m1/s1. The lowest BCUT2D eigenvalue weighted by molar-refractivity contribution is -0.304. The molecule has 27 heavy (non-hydrogen) atoms. The highest BCUT2D eigenvalue weighted by molar-refractivity contribution is 5.16. The highest BCUT2D eigenvalue weighted by atomic mass is 19.4. The summed E-state index contributed by atoms with van der Waals surface area (Å²) in [7, 11) is 0. The first-order valence-corrected chi connectivity index (χ1v) is 10.8. The van der Waals surface area contributed by atoms with Gasteiger partial charge in [0.15, 0.2) is 5.60 Å². The van der Waals surface area contributed by atoms with E-state index in [-0.39, 0.29) is 17.8 Å². The van der Waals surface area contributed by atoms with E-state index in [0.29, 0.717) is 42.6 Å². The third-order valence-corrected chi connectivity index (χ3v) is 10.0. The van der Waals surface area contributed by atoms with Gasteiger partial charge in [0.1, 0.15) is 0 Å². The Kier molecular flexibility index (Phi) is 3.90. The number of hydrogen-bond acceptors (Lipinski definition) is 3. The summed E-state index contributed by atoms with van der Waals surface area (Å²) >= 11 is 0. The van der Waals surface area contributed by atoms with Gasteiger partial charge in [-0.05, 0) is 80.5 Å². The summed E-state index contributed by atoms with van der Waals surface area (Å²) in [5, 5.41) is 10.7. The van der Waals surface area contributed by atoms with E-state index in [1.165, 1.54) is 0 Å². The molecule has 5 unspecified atom stereocenters. The molecule has 1 aliphatic heterocycles. The molecular weight excluding hydrogens is 355 g/mol. The molecule has 1 saturated heterocycles. The molecule has 2 N–H and O–H groups in total. The van der Waals surface area contributed by atoms with Gasteiger partial charge in [-0.25, -0.2) is 0 Å². The monoisotopic (exact) mass is 387 g/mol. The molecule has 4 saturated carbocycles. The predicted molar refractivity (Wildman–Crippen MR) is 94.5 cm³/mol. The van der Waals surface area contributed by atoms with E-state index in [2.05, 4.69) is 12.4 Å². The van der Waals surface area contributed by atoms with Crippen LogP contribution in [0.15, 0.2) is 0 Å². The third-order valence-electron chi connectivity index (χ3n) is 10.0. The summed E-state index contributed by atoms with van der Waals surface area (Å²) < 4.78 is 41.4. The number of rotatable bonds is 0. The van der Waals surface area contributed by atoms with E-state index in [4.69, 9.17) is 4.84 Å². The Bertz CT molecular complexity index is 627. The van der Waals surface area contributed by atoms with Crippen LogP contribution in [0.1, 0.15) is 65.2 Å². The summed E-state index contributed by atoms with van der Waals surface area (Å²) in [4.78, 5) is 5.52. The molecule has 4 aliphatic carbocycles. The van der Waals surface area contributed by atoms with Crippen molar-refractivity contribution in [3.05, 3.63) is 0 Å². The largest absolute Gasteiger partial charge is 0.417 e. The van der Waals surface area contributed by atoms with Crippen LogP contribution in [0.3, 0.4) is 0 Å². The van der Waals surface area contributed by atoms with Crippen molar-refractivity contribution in [2.24, 2.45) is 40.4 Å². The molecule has 154 valence electrons. The first-order chi connectivity index (χ1) is 12.6. The van der Waals surface area contributed by atoms with Crippen molar-refractivity contribution in [1.29, 1.82) is 0 Å². The lowest BCUT2D eigenvalue weighted by atomic mass is 9.43. The van der Waals surface area contributed by atoms with Crippen molar-refractivity contribution in [2.45, 2.75) is 83.0 Å². The summed E-state index contributed by atoms with van der Waals surface area (Å²) in [6.07, 6.45) is 1.60. The van der Waals surface area contributed by atoms with Crippen LogP contribution in [0.2, 0.25) is 0 Å².